The zero-order chi connectivity index (χ0) is 24.7. The third-order valence-electron chi connectivity index (χ3n) is 2.35. The maximum absolute atomic E-state index is 10.6. The molecule has 0 aliphatic carbocycles. The lowest BCUT2D eigenvalue weighted by atomic mass is 10.3. The smallest absolute Gasteiger partial charge is 0.333 e. The minimum atomic E-state index is -0.361. The highest BCUT2D eigenvalue weighted by atomic mass is 16.5. The molecule has 0 N–H and O–H groups in total. The van der Waals surface area contributed by atoms with Gasteiger partial charge in [-0.25, -0.2) is 14.4 Å². The van der Waals surface area contributed by atoms with Crippen LogP contribution < -0.4 is 0 Å². The number of ether oxygens (including phenoxy) is 3. The highest BCUT2D eigenvalue weighted by Crippen LogP contribution is 1.96. The van der Waals surface area contributed by atoms with Crippen LogP contribution in [0.5, 0.6) is 0 Å². The van der Waals surface area contributed by atoms with E-state index in [0.717, 1.165) is 18.9 Å². The normalized spacial score (nSPS) is 8.77. The molecule has 0 aliphatic heterocycles. The summed E-state index contributed by atoms with van der Waals surface area (Å²) < 4.78 is 14.1. The summed E-state index contributed by atoms with van der Waals surface area (Å²) in [5.41, 5.74) is 0.909. The van der Waals surface area contributed by atoms with Crippen LogP contribution in [-0.2, 0) is 28.6 Å². The summed E-state index contributed by atoms with van der Waals surface area (Å²) in [4.78, 5) is 31.5. The van der Waals surface area contributed by atoms with E-state index in [1.165, 1.54) is 6.42 Å². The molecule has 0 unspecified atom stereocenters. The van der Waals surface area contributed by atoms with Crippen molar-refractivity contribution in [2.75, 3.05) is 6.61 Å². The Labute approximate surface area is 184 Å². The molecule has 0 aromatic rings. The van der Waals surface area contributed by atoms with Crippen LogP contribution in [0.25, 0.3) is 0 Å². The summed E-state index contributed by atoms with van der Waals surface area (Å²) >= 11 is 0. The van der Waals surface area contributed by atoms with Gasteiger partial charge < -0.3 is 14.2 Å². The lowest BCUT2D eigenvalue weighted by Crippen LogP contribution is -2.11. The van der Waals surface area contributed by atoms with E-state index < -0.39 is 0 Å². The SMILES string of the molecule is C=C(C)C(=O)OC(C)C.C=C(C)C(=O)OCCC.C=CC(=O)OC(C)C.[CH2]CCC. The molecule has 175 valence electrons. The Hall–Kier alpha value is -2.37. The van der Waals surface area contributed by atoms with Gasteiger partial charge in [0.05, 0.1) is 18.8 Å². The van der Waals surface area contributed by atoms with Crippen LogP contribution in [0.15, 0.2) is 37.0 Å². The van der Waals surface area contributed by atoms with Crippen LogP contribution in [0.3, 0.4) is 0 Å². The van der Waals surface area contributed by atoms with Gasteiger partial charge in [-0.1, -0.05) is 53.3 Å². The summed E-state index contributed by atoms with van der Waals surface area (Å²) in [6.45, 7) is 28.7. The number of hydrogen-bond donors (Lipinski definition) is 0. The Kier molecular flexibility index (Phi) is 28.9. The van der Waals surface area contributed by atoms with Gasteiger partial charge >= 0.3 is 17.9 Å². The third kappa shape index (κ3) is 36.5. The van der Waals surface area contributed by atoms with Crippen molar-refractivity contribution < 1.29 is 28.6 Å². The Morgan fingerprint density at radius 1 is 0.833 bits per heavy atom. The highest BCUT2D eigenvalue weighted by Gasteiger charge is 2.03. The Morgan fingerprint density at radius 2 is 1.23 bits per heavy atom. The van der Waals surface area contributed by atoms with E-state index in [9.17, 15) is 14.4 Å². The molecule has 6 nitrogen and oxygen atoms in total. The lowest BCUT2D eigenvalue weighted by molar-refractivity contribution is -0.143. The molecule has 30 heavy (non-hydrogen) atoms. The van der Waals surface area contributed by atoms with Crippen molar-refractivity contribution in [3.63, 3.8) is 0 Å². The molecule has 1 radical (unpaired) electrons. The fourth-order valence-corrected chi connectivity index (χ4v) is 0.913. The molecule has 0 aromatic carbocycles. The molecule has 0 aliphatic rings. The van der Waals surface area contributed by atoms with Crippen LogP contribution in [0, 0.1) is 6.92 Å². The molecular weight excluding hydrogens is 384 g/mol. The van der Waals surface area contributed by atoms with Crippen LogP contribution in [0.2, 0.25) is 0 Å². The van der Waals surface area contributed by atoms with Gasteiger partial charge in [0.1, 0.15) is 0 Å². The lowest BCUT2D eigenvalue weighted by Gasteiger charge is -2.05. The molecule has 0 saturated heterocycles. The summed E-state index contributed by atoms with van der Waals surface area (Å²) in [5, 5.41) is 0. The molecule has 0 spiro atoms. The maximum atomic E-state index is 10.6. The van der Waals surface area contributed by atoms with E-state index in [-0.39, 0.29) is 30.1 Å². The molecule has 0 heterocycles. The first-order valence-electron chi connectivity index (χ1n) is 10.1. The molecule has 6 heteroatoms. The van der Waals surface area contributed by atoms with Crippen molar-refractivity contribution in [3.05, 3.63) is 43.9 Å². The Morgan fingerprint density at radius 3 is 1.40 bits per heavy atom. The average Bonchev–Trinajstić information content (AvgIpc) is 2.65. The van der Waals surface area contributed by atoms with E-state index >= 15 is 0 Å². The quantitative estimate of drug-likeness (QED) is 0.278. The molecule has 0 atom stereocenters. The second kappa shape index (κ2) is 24.7. The highest BCUT2D eigenvalue weighted by molar-refractivity contribution is 5.87. The largest absolute Gasteiger partial charge is 0.462 e. The number of unbranched alkanes of at least 4 members (excludes halogenated alkanes) is 1. The van der Waals surface area contributed by atoms with Crippen molar-refractivity contribution in [1.29, 1.82) is 0 Å². The van der Waals surface area contributed by atoms with Crippen LogP contribution in [0.4, 0.5) is 0 Å². The van der Waals surface area contributed by atoms with Crippen molar-refractivity contribution in [3.8, 4) is 0 Å². The first-order valence-corrected chi connectivity index (χ1v) is 10.1. The van der Waals surface area contributed by atoms with Crippen molar-refractivity contribution in [2.24, 2.45) is 0 Å². The van der Waals surface area contributed by atoms with E-state index in [1.54, 1.807) is 41.5 Å². The van der Waals surface area contributed by atoms with Gasteiger partial charge in [0, 0.05) is 17.2 Å². The predicted molar refractivity (Wildman–Crippen MR) is 124 cm³/mol. The van der Waals surface area contributed by atoms with Gasteiger partial charge in [-0.15, -0.1) is 0 Å². The van der Waals surface area contributed by atoms with Gasteiger partial charge in [0.2, 0.25) is 0 Å². The van der Waals surface area contributed by atoms with Crippen molar-refractivity contribution in [1.82, 2.24) is 0 Å². The number of carbonyl (C=O) groups excluding carboxylic acids is 3. The third-order valence-corrected chi connectivity index (χ3v) is 2.35. The molecule has 0 bridgehead atoms. The average molecular weight is 428 g/mol. The molecular formula is C24H43O6. The molecule has 0 amide bonds. The van der Waals surface area contributed by atoms with E-state index in [1.807, 2.05) is 6.92 Å². The van der Waals surface area contributed by atoms with E-state index in [0.29, 0.717) is 17.8 Å². The summed E-state index contributed by atoms with van der Waals surface area (Å²) in [5.74, 6) is -0.971. The summed E-state index contributed by atoms with van der Waals surface area (Å²) in [7, 11) is 0. The first kappa shape index (κ1) is 35.1. The monoisotopic (exact) mass is 427 g/mol. The molecule has 0 aromatic heterocycles. The minimum absolute atomic E-state index is 0.0412. The molecule has 0 fully saturated rings. The second-order valence-electron chi connectivity index (χ2n) is 6.69. The van der Waals surface area contributed by atoms with Crippen molar-refractivity contribution in [2.45, 2.75) is 86.9 Å². The zero-order valence-electron chi connectivity index (χ0n) is 20.3. The predicted octanol–water partition coefficient (Wildman–Crippen LogP) is 5.77. The number of esters is 3. The minimum Gasteiger partial charge on any atom is -0.462 e. The van der Waals surface area contributed by atoms with Gasteiger partial charge in [-0.3, -0.25) is 0 Å². The Bertz CT molecular complexity index is 502. The van der Waals surface area contributed by atoms with E-state index in [2.05, 4.69) is 38.3 Å². The summed E-state index contributed by atoms with van der Waals surface area (Å²) in [6, 6.07) is 0. The topological polar surface area (TPSA) is 78.9 Å². The van der Waals surface area contributed by atoms with Gasteiger partial charge in [0.15, 0.2) is 0 Å². The van der Waals surface area contributed by atoms with Crippen LogP contribution in [0.1, 0.15) is 74.7 Å². The van der Waals surface area contributed by atoms with Gasteiger partial charge in [0.25, 0.3) is 0 Å². The van der Waals surface area contributed by atoms with Gasteiger partial charge in [-0.2, -0.15) is 0 Å². The van der Waals surface area contributed by atoms with Crippen molar-refractivity contribution >= 4 is 17.9 Å². The van der Waals surface area contributed by atoms with Crippen LogP contribution >= 0.6 is 0 Å². The first-order chi connectivity index (χ1) is 13.8. The molecule has 0 saturated carbocycles. The Balaban J connectivity index is -0.000000155. The van der Waals surface area contributed by atoms with Crippen LogP contribution in [-0.4, -0.2) is 36.7 Å². The molecule has 0 rings (SSSR count). The summed E-state index contributed by atoms with van der Waals surface area (Å²) in [6.07, 6.45) is 4.20. The van der Waals surface area contributed by atoms with Gasteiger partial charge in [-0.05, 0) is 48.0 Å². The zero-order valence-corrected chi connectivity index (χ0v) is 20.3. The maximum Gasteiger partial charge on any atom is 0.333 e. The fraction of sp³-hybridized carbons (Fsp3) is 0.583. The standard InChI is InChI=1S/2C7H12O2.C6H10O2.C4H9/c1-5(2)7(8)9-6(3)4;1-4-5-9-7(8)6(2)3;1-4-6(7)8-5(2)3;1-3-4-2/h6H,1H2,2-4H3;2,4-5H2,1,3H3;4-5H,1H2,2-3H3;1,3-4H2,2H3. The fourth-order valence-electron chi connectivity index (χ4n) is 0.913. The van der Waals surface area contributed by atoms with E-state index in [4.69, 9.17) is 9.47 Å². The number of hydrogen-bond acceptors (Lipinski definition) is 6. The number of carbonyl (C=O) groups is 3. The number of rotatable bonds is 8. The second-order valence-corrected chi connectivity index (χ2v) is 6.69.